The normalized spacial score (nSPS) is 10.7. The number of hydrogen-bond acceptors (Lipinski definition) is 3. The number of hydrogen-bond donors (Lipinski definition) is 2. The lowest BCUT2D eigenvalue weighted by Crippen LogP contribution is -1.97. The highest BCUT2D eigenvalue weighted by molar-refractivity contribution is 5.99. The van der Waals surface area contributed by atoms with Crippen LogP contribution in [-0.2, 0) is 0 Å². The summed E-state index contributed by atoms with van der Waals surface area (Å²) >= 11 is 0. The summed E-state index contributed by atoms with van der Waals surface area (Å²) in [6.45, 7) is 0. The van der Waals surface area contributed by atoms with Gasteiger partial charge in [0.05, 0.1) is 16.9 Å². The SMILES string of the molecule is Nc1ccc(Nc2cc(F)ccc2F)c2cccnc12. The molecule has 100 valence electrons. The smallest absolute Gasteiger partial charge is 0.146 e. The predicted molar refractivity (Wildman–Crippen MR) is 75.8 cm³/mol. The number of nitrogens with two attached hydrogens (primary N) is 1. The van der Waals surface area contributed by atoms with Gasteiger partial charge in [-0.1, -0.05) is 0 Å². The van der Waals surface area contributed by atoms with Gasteiger partial charge in [-0.05, 0) is 36.4 Å². The summed E-state index contributed by atoms with van der Waals surface area (Å²) in [7, 11) is 0. The minimum absolute atomic E-state index is 0.0694. The number of nitrogens with zero attached hydrogens (tertiary/aromatic N) is 1. The predicted octanol–water partition coefficient (Wildman–Crippen LogP) is 3.84. The molecule has 0 spiro atoms. The lowest BCUT2D eigenvalue weighted by Gasteiger charge is -2.11. The van der Waals surface area contributed by atoms with Gasteiger partial charge in [-0.3, -0.25) is 4.98 Å². The van der Waals surface area contributed by atoms with E-state index in [4.69, 9.17) is 5.73 Å². The molecule has 0 radical (unpaired) electrons. The molecular formula is C15H11F2N3. The molecule has 1 aromatic heterocycles. The van der Waals surface area contributed by atoms with Crippen molar-refractivity contribution in [3.8, 4) is 0 Å². The van der Waals surface area contributed by atoms with Crippen LogP contribution in [0, 0.1) is 11.6 Å². The highest BCUT2D eigenvalue weighted by Crippen LogP contribution is 2.29. The van der Waals surface area contributed by atoms with Gasteiger partial charge in [0.1, 0.15) is 11.6 Å². The first-order valence-electron chi connectivity index (χ1n) is 6.00. The fourth-order valence-corrected chi connectivity index (χ4v) is 2.04. The molecule has 0 unspecified atom stereocenters. The summed E-state index contributed by atoms with van der Waals surface area (Å²) in [5, 5.41) is 3.62. The van der Waals surface area contributed by atoms with Crippen LogP contribution in [0.5, 0.6) is 0 Å². The van der Waals surface area contributed by atoms with Crippen LogP contribution >= 0.6 is 0 Å². The average molecular weight is 271 g/mol. The lowest BCUT2D eigenvalue weighted by molar-refractivity contribution is 0.603. The van der Waals surface area contributed by atoms with Crippen LogP contribution < -0.4 is 11.1 Å². The summed E-state index contributed by atoms with van der Waals surface area (Å²) < 4.78 is 26.9. The third kappa shape index (κ3) is 2.14. The summed E-state index contributed by atoms with van der Waals surface area (Å²) in [5.74, 6) is -1.04. The van der Waals surface area contributed by atoms with Gasteiger partial charge in [0.2, 0.25) is 0 Å². The van der Waals surface area contributed by atoms with E-state index in [1.165, 1.54) is 0 Å². The molecule has 0 saturated carbocycles. The number of pyridine rings is 1. The quantitative estimate of drug-likeness (QED) is 0.696. The Balaban J connectivity index is 2.11. The number of nitrogens with one attached hydrogen (secondary N) is 1. The highest BCUT2D eigenvalue weighted by Gasteiger charge is 2.08. The van der Waals surface area contributed by atoms with Crippen molar-refractivity contribution < 1.29 is 8.78 Å². The van der Waals surface area contributed by atoms with E-state index >= 15 is 0 Å². The number of fused-ring (bicyclic) bond motifs is 1. The minimum atomic E-state index is -0.528. The van der Waals surface area contributed by atoms with E-state index in [1.807, 2.05) is 6.07 Å². The first-order valence-corrected chi connectivity index (χ1v) is 6.00. The lowest BCUT2D eigenvalue weighted by atomic mass is 10.1. The third-order valence-electron chi connectivity index (χ3n) is 3.00. The zero-order valence-electron chi connectivity index (χ0n) is 10.4. The molecule has 0 bridgehead atoms. The summed E-state index contributed by atoms with van der Waals surface area (Å²) in [6, 6.07) is 10.2. The molecule has 3 aromatic rings. The molecule has 3 rings (SSSR count). The van der Waals surface area contributed by atoms with Crippen molar-refractivity contribution in [1.29, 1.82) is 0 Å². The highest BCUT2D eigenvalue weighted by atomic mass is 19.1. The first kappa shape index (κ1) is 12.3. The molecule has 5 heteroatoms. The van der Waals surface area contributed by atoms with Gasteiger partial charge in [-0.25, -0.2) is 8.78 Å². The van der Waals surface area contributed by atoms with E-state index in [9.17, 15) is 8.78 Å². The molecule has 0 saturated heterocycles. The Hall–Kier alpha value is -2.69. The fraction of sp³-hybridized carbons (Fsp3) is 0. The fourth-order valence-electron chi connectivity index (χ4n) is 2.04. The van der Waals surface area contributed by atoms with Crippen molar-refractivity contribution in [3.63, 3.8) is 0 Å². The number of aromatic nitrogens is 1. The van der Waals surface area contributed by atoms with Crippen molar-refractivity contribution >= 4 is 28.0 Å². The molecule has 1 heterocycles. The molecule has 0 atom stereocenters. The summed E-state index contributed by atoms with van der Waals surface area (Å²) in [6.07, 6.45) is 1.63. The van der Waals surface area contributed by atoms with Gasteiger partial charge in [-0.2, -0.15) is 0 Å². The molecule has 0 aliphatic carbocycles. The van der Waals surface area contributed by atoms with Crippen LogP contribution in [0.4, 0.5) is 25.8 Å². The van der Waals surface area contributed by atoms with Crippen molar-refractivity contribution in [2.24, 2.45) is 0 Å². The molecule has 3 nitrogen and oxygen atoms in total. The maximum absolute atomic E-state index is 13.7. The average Bonchev–Trinajstić information content (AvgIpc) is 2.46. The van der Waals surface area contributed by atoms with Crippen LogP contribution in [0.1, 0.15) is 0 Å². The van der Waals surface area contributed by atoms with E-state index in [0.29, 0.717) is 16.9 Å². The Bertz CT molecular complexity index is 787. The molecule has 0 fully saturated rings. The molecule has 2 aromatic carbocycles. The van der Waals surface area contributed by atoms with E-state index in [2.05, 4.69) is 10.3 Å². The van der Waals surface area contributed by atoms with E-state index in [0.717, 1.165) is 23.6 Å². The van der Waals surface area contributed by atoms with Crippen LogP contribution in [0.25, 0.3) is 10.9 Å². The monoisotopic (exact) mass is 271 g/mol. The van der Waals surface area contributed by atoms with E-state index < -0.39 is 11.6 Å². The molecule has 0 aliphatic rings. The van der Waals surface area contributed by atoms with Crippen molar-refractivity contribution in [3.05, 3.63) is 60.3 Å². The standard InChI is InChI=1S/C15H11F2N3/c16-9-3-4-11(17)14(8-9)20-13-6-5-12(18)15-10(13)2-1-7-19-15/h1-8,20H,18H2. The zero-order valence-corrected chi connectivity index (χ0v) is 10.4. The maximum Gasteiger partial charge on any atom is 0.146 e. The van der Waals surface area contributed by atoms with Gasteiger partial charge in [0.25, 0.3) is 0 Å². The second-order valence-corrected chi connectivity index (χ2v) is 4.35. The zero-order chi connectivity index (χ0) is 14.1. The molecule has 0 amide bonds. The Kier molecular flexibility index (Phi) is 2.95. The third-order valence-corrected chi connectivity index (χ3v) is 3.00. The second kappa shape index (κ2) is 4.77. The molecule has 20 heavy (non-hydrogen) atoms. The van der Waals surface area contributed by atoms with E-state index in [1.54, 1.807) is 24.4 Å². The van der Waals surface area contributed by atoms with Crippen molar-refractivity contribution in [2.45, 2.75) is 0 Å². The van der Waals surface area contributed by atoms with Crippen LogP contribution in [-0.4, -0.2) is 4.98 Å². The van der Waals surface area contributed by atoms with Crippen LogP contribution in [0.2, 0.25) is 0 Å². The van der Waals surface area contributed by atoms with Crippen LogP contribution in [0.3, 0.4) is 0 Å². The molecule has 3 N–H and O–H groups in total. The topological polar surface area (TPSA) is 50.9 Å². The largest absolute Gasteiger partial charge is 0.397 e. The summed E-state index contributed by atoms with van der Waals surface area (Å²) in [5.41, 5.74) is 7.69. The Morgan fingerprint density at radius 3 is 2.70 bits per heavy atom. The Labute approximate surface area is 114 Å². The first-order chi connectivity index (χ1) is 9.65. The Morgan fingerprint density at radius 2 is 1.85 bits per heavy atom. The van der Waals surface area contributed by atoms with Gasteiger partial charge >= 0.3 is 0 Å². The number of rotatable bonds is 2. The number of nitrogen functional groups attached to an aromatic ring is 1. The second-order valence-electron chi connectivity index (χ2n) is 4.35. The van der Waals surface area contributed by atoms with Crippen molar-refractivity contribution in [2.75, 3.05) is 11.1 Å². The number of halogens is 2. The minimum Gasteiger partial charge on any atom is -0.397 e. The van der Waals surface area contributed by atoms with Crippen molar-refractivity contribution in [1.82, 2.24) is 4.98 Å². The van der Waals surface area contributed by atoms with Crippen LogP contribution in [0.15, 0.2) is 48.7 Å². The van der Waals surface area contributed by atoms with E-state index in [-0.39, 0.29) is 5.69 Å². The maximum atomic E-state index is 13.7. The molecule has 0 aliphatic heterocycles. The number of benzene rings is 2. The van der Waals surface area contributed by atoms with Gasteiger partial charge in [-0.15, -0.1) is 0 Å². The van der Waals surface area contributed by atoms with Gasteiger partial charge in [0.15, 0.2) is 0 Å². The van der Waals surface area contributed by atoms with Gasteiger partial charge in [0, 0.05) is 23.3 Å². The Morgan fingerprint density at radius 1 is 1.00 bits per heavy atom. The number of anilines is 3. The van der Waals surface area contributed by atoms with Gasteiger partial charge < -0.3 is 11.1 Å². The summed E-state index contributed by atoms with van der Waals surface area (Å²) in [4.78, 5) is 4.19. The molecular weight excluding hydrogens is 260 g/mol.